The first kappa shape index (κ1) is 25.5. The predicted octanol–water partition coefficient (Wildman–Crippen LogP) is 6.18. The maximum Gasteiger partial charge on any atom is 0.253 e. The van der Waals surface area contributed by atoms with Crippen LogP contribution in [-0.2, 0) is 0 Å². The van der Waals surface area contributed by atoms with Crippen LogP contribution < -0.4 is 15.4 Å². The molecule has 5 nitrogen and oxygen atoms in total. The van der Waals surface area contributed by atoms with Crippen molar-refractivity contribution in [2.45, 2.75) is 26.4 Å². The van der Waals surface area contributed by atoms with E-state index in [0.29, 0.717) is 23.7 Å². The molecule has 2 amide bonds. The van der Waals surface area contributed by atoms with Gasteiger partial charge in [0, 0.05) is 18.3 Å². The lowest BCUT2D eigenvalue weighted by Crippen LogP contribution is -2.41. The summed E-state index contributed by atoms with van der Waals surface area (Å²) >= 11 is 4.34. The fourth-order valence-corrected chi connectivity index (χ4v) is 4.15. The van der Waals surface area contributed by atoms with Crippen molar-refractivity contribution >= 4 is 57.0 Å². The topological polar surface area (TPSA) is 67.4 Å². The van der Waals surface area contributed by atoms with Crippen LogP contribution in [0.2, 0.25) is 0 Å². The van der Waals surface area contributed by atoms with E-state index < -0.39 is 6.17 Å². The second-order valence-electron chi connectivity index (χ2n) is 8.00. The molecule has 0 spiro atoms. The molecule has 0 saturated heterocycles. The Hall–Kier alpha value is -2.14. The molecule has 0 aliphatic rings. The van der Waals surface area contributed by atoms with Crippen LogP contribution in [-0.4, -0.2) is 18.4 Å². The molecular formula is C26H26I2N2O3. The van der Waals surface area contributed by atoms with E-state index in [4.69, 9.17) is 4.74 Å². The van der Waals surface area contributed by atoms with Crippen molar-refractivity contribution in [3.63, 3.8) is 0 Å². The molecule has 33 heavy (non-hydrogen) atoms. The van der Waals surface area contributed by atoms with E-state index in [9.17, 15) is 9.59 Å². The summed E-state index contributed by atoms with van der Waals surface area (Å²) in [5.74, 6) is 0.796. The van der Waals surface area contributed by atoms with E-state index in [1.54, 1.807) is 24.3 Å². The number of hydrogen-bond donors (Lipinski definition) is 2. The molecule has 3 aromatic rings. The Bertz CT molecular complexity index is 1040. The molecule has 0 bridgehead atoms. The van der Waals surface area contributed by atoms with E-state index >= 15 is 0 Å². The average Bonchev–Trinajstić information content (AvgIpc) is 2.79. The van der Waals surface area contributed by atoms with Gasteiger partial charge in [0.15, 0.2) is 0 Å². The molecule has 172 valence electrons. The molecule has 3 aromatic carbocycles. The van der Waals surface area contributed by atoms with Crippen molar-refractivity contribution in [2.24, 2.45) is 5.92 Å². The molecule has 0 aromatic heterocycles. The molecule has 3 rings (SSSR count). The van der Waals surface area contributed by atoms with Gasteiger partial charge < -0.3 is 15.4 Å². The lowest BCUT2D eigenvalue weighted by atomic mass is 10.1. The zero-order valence-corrected chi connectivity index (χ0v) is 22.8. The Morgan fingerprint density at radius 3 is 1.79 bits per heavy atom. The van der Waals surface area contributed by atoms with E-state index in [2.05, 4.69) is 69.7 Å². The van der Waals surface area contributed by atoms with Crippen LogP contribution in [0.15, 0.2) is 72.8 Å². The van der Waals surface area contributed by atoms with Crippen LogP contribution in [0.5, 0.6) is 5.75 Å². The molecule has 0 aliphatic heterocycles. The number of ether oxygens (including phenoxy) is 1. The van der Waals surface area contributed by atoms with Gasteiger partial charge in [0.1, 0.15) is 11.9 Å². The number of hydrogen-bond acceptors (Lipinski definition) is 3. The van der Waals surface area contributed by atoms with Gasteiger partial charge in [-0.2, -0.15) is 0 Å². The molecule has 0 aliphatic carbocycles. The monoisotopic (exact) mass is 668 g/mol. The summed E-state index contributed by atoms with van der Waals surface area (Å²) in [6, 6.07) is 22.1. The first-order valence-electron chi connectivity index (χ1n) is 10.7. The number of carbonyl (C=O) groups is 2. The second-order valence-corrected chi connectivity index (χ2v) is 10.5. The Morgan fingerprint density at radius 1 is 0.818 bits per heavy atom. The molecule has 2 N–H and O–H groups in total. The van der Waals surface area contributed by atoms with E-state index in [0.717, 1.165) is 24.9 Å². The van der Waals surface area contributed by atoms with Gasteiger partial charge in [-0.3, -0.25) is 9.59 Å². The minimum Gasteiger partial charge on any atom is -0.494 e. The SMILES string of the molecule is CC(C)CCOc1ccc(C(NC(=O)c2cccc(I)c2)NC(=O)c2cccc(I)c2)cc1. The highest BCUT2D eigenvalue weighted by molar-refractivity contribution is 14.1. The smallest absolute Gasteiger partial charge is 0.253 e. The number of rotatable bonds is 9. The van der Waals surface area contributed by atoms with Gasteiger partial charge in [0.05, 0.1) is 6.61 Å². The molecule has 0 atom stereocenters. The van der Waals surface area contributed by atoms with Crippen molar-refractivity contribution < 1.29 is 14.3 Å². The van der Waals surface area contributed by atoms with E-state index in [-0.39, 0.29) is 11.8 Å². The van der Waals surface area contributed by atoms with Crippen LogP contribution >= 0.6 is 45.2 Å². The normalized spacial score (nSPS) is 10.8. The molecular weight excluding hydrogens is 642 g/mol. The Balaban J connectivity index is 1.80. The van der Waals surface area contributed by atoms with Crippen molar-refractivity contribution in [3.8, 4) is 5.75 Å². The second kappa shape index (κ2) is 12.4. The van der Waals surface area contributed by atoms with Gasteiger partial charge in [-0.05, 0) is 112 Å². The van der Waals surface area contributed by atoms with Crippen molar-refractivity contribution in [3.05, 3.63) is 96.6 Å². The Kier molecular flexibility index (Phi) is 9.54. The van der Waals surface area contributed by atoms with Crippen molar-refractivity contribution in [2.75, 3.05) is 6.61 Å². The fraction of sp³-hybridized carbons (Fsp3) is 0.231. The average molecular weight is 668 g/mol. The first-order valence-corrected chi connectivity index (χ1v) is 12.8. The standard InChI is InChI=1S/C26H26I2N2O3/c1-17(2)13-14-33-23-11-9-18(10-12-23)24(29-25(31)19-5-3-7-21(27)15-19)30-26(32)20-6-4-8-22(28)16-20/h3-12,15-17,24H,13-14H2,1-2H3,(H,29,31)(H,30,32). The highest BCUT2D eigenvalue weighted by Crippen LogP contribution is 2.19. The summed E-state index contributed by atoms with van der Waals surface area (Å²) in [7, 11) is 0. The lowest BCUT2D eigenvalue weighted by molar-refractivity contribution is 0.0883. The van der Waals surface area contributed by atoms with E-state index in [1.165, 1.54) is 0 Å². The van der Waals surface area contributed by atoms with Crippen LogP contribution in [0.1, 0.15) is 52.7 Å². The summed E-state index contributed by atoms with van der Waals surface area (Å²) in [5, 5.41) is 5.91. The number of halogens is 2. The quantitative estimate of drug-likeness (QED) is 0.212. The summed E-state index contributed by atoms with van der Waals surface area (Å²) in [5.41, 5.74) is 1.82. The third kappa shape index (κ3) is 7.99. The number of amides is 2. The van der Waals surface area contributed by atoms with Gasteiger partial charge in [-0.25, -0.2) is 0 Å². The highest BCUT2D eigenvalue weighted by Gasteiger charge is 2.19. The van der Waals surface area contributed by atoms with Gasteiger partial charge >= 0.3 is 0 Å². The summed E-state index contributed by atoms with van der Waals surface area (Å²) in [4.78, 5) is 25.9. The largest absolute Gasteiger partial charge is 0.494 e. The van der Waals surface area contributed by atoms with Crippen LogP contribution in [0.25, 0.3) is 0 Å². The third-order valence-electron chi connectivity index (χ3n) is 4.90. The third-order valence-corrected chi connectivity index (χ3v) is 6.24. The highest BCUT2D eigenvalue weighted by atomic mass is 127. The Morgan fingerprint density at radius 2 is 1.33 bits per heavy atom. The van der Waals surface area contributed by atoms with Gasteiger partial charge in [-0.15, -0.1) is 0 Å². The molecule has 7 heteroatoms. The summed E-state index contributed by atoms with van der Waals surface area (Å²) in [6.07, 6.45) is 0.271. The van der Waals surface area contributed by atoms with Crippen molar-refractivity contribution in [1.29, 1.82) is 0 Å². The van der Waals surface area contributed by atoms with Crippen molar-refractivity contribution in [1.82, 2.24) is 10.6 Å². The maximum absolute atomic E-state index is 12.9. The summed E-state index contributed by atoms with van der Waals surface area (Å²) in [6.45, 7) is 4.96. The minimum atomic E-state index is -0.703. The zero-order valence-electron chi connectivity index (χ0n) is 18.5. The predicted molar refractivity (Wildman–Crippen MR) is 147 cm³/mol. The molecule has 0 fully saturated rings. The maximum atomic E-state index is 12.9. The van der Waals surface area contributed by atoms with Gasteiger partial charge in [0.25, 0.3) is 11.8 Å². The van der Waals surface area contributed by atoms with Crippen LogP contribution in [0.3, 0.4) is 0 Å². The fourth-order valence-electron chi connectivity index (χ4n) is 3.06. The zero-order chi connectivity index (χ0) is 23.8. The number of carbonyl (C=O) groups excluding carboxylic acids is 2. The number of nitrogens with one attached hydrogen (secondary N) is 2. The van der Waals surface area contributed by atoms with E-state index in [1.807, 2.05) is 48.5 Å². The molecule has 0 unspecified atom stereocenters. The van der Waals surface area contributed by atoms with Crippen LogP contribution in [0.4, 0.5) is 0 Å². The number of benzene rings is 3. The Labute approximate surface area is 222 Å². The molecule has 0 saturated carbocycles. The van der Waals surface area contributed by atoms with Gasteiger partial charge in [-0.1, -0.05) is 38.1 Å². The lowest BCUT2D eigenvalue weighted by Gasteiger charge is -2.21. The minimum absolute atomic E-state index is 0.265. The van der Waals surface area contributed by atoms with Crippen LogP contribution in [0, 0.1) is 13.1 Å². The summed E-state index contributed by atoms with van der Waals surface area (Å²) < 4.78 is 7.72. The molecule has 0 heterocycles. The first-order chi connectivity index (χ1) is 15.8. The molecule has 0 radical (unpaired) electrons. The van der Waals surface area contributed by atoms with Gasteiger partial charge in [0.2, 0.25) is 0 Å².